The Bertz CT molecular complexity index is 1140. The van der Waals surface area contributed by atoms with Gasteiger partial charge < -0.3 is 9.47 Å². The minimum absolute atomic E-state index is 0.0461. The summed E-state index contributed by atoms with van der Waals surface area (Å²) in [5.41, 5.74) is 0.325. The number of hydrogen-bond acceptors (Lipinski definition) is 6. The molecule has 1 spiro atoms. The number of nitrogens with zero attached hydrogens (tertiary/aromatic N) is 8. The highest BCUT2D eigenvalue weighted by atomic mass is 16.2. The fourth-order valence-electron chi connectivity index (χ4n) is 4.37. The molecule has 3 aromatic heterocycles. The Kier molecular flexibility index (Phi) is 3.52. The first-order chi connectivity index (χ1) is 13.5. The maximum atomic E-state index is 13.0. The molecule has 3 aromatic rings. The summed E-state index contributed by atoms with van der Waals surface area (Å²) >= 11 is 0. The van der Waals surface area contributed by atoms with Crippen molar-refractivity contribution in [2.45, 2.75) is 24.8 Å². The Labute approximate surface area is 160 Å². The number of hydrogen-bond donors (Lipinski definition) is 0. The van der Waals surface area contributed by atoms with Crippen LogP contribution in [-0.2, 0) is 26.1 Å². The third-order valence-electron chi connectivity index (χ3n) is 5.95. The van der Waals surface area contributed by atoms with Crippen molar-refractivity contribution in [1.82, 2.24) is 39.0 Å². The Morgan fingerprint density at radius 2 is 1.96 bits per heavy atom. The SMILES string of the molecule is Cn1ccnc1-c1nnc2n(c1=O)CC[C@@]21CCN(C(=O)c2ccnn2C)C1. The highest BCUT2D eigenvalue weighted by molar-refractivity contribution is 5.92. The zero-order valence-electron chi connectivity index (χ0n) is 15.7. The molecule has 5 rings (SSSR count). The highest BCUT2D eigenvalue weighted by Crippen LogP contribution is 2.41. The van der Waals surface area contributed by atoms with Gasteiger partial charge in [0.15, 0.2) is 11.5 Å². The molecule has 1 atom stereocenters. The molecule has 0 radical (unpaired) electrons. The van der Waals surface area contributed by atoms with E-state index in [1.54, 1.807) is 45.5 Å². The van der Waals surface area contributed by atoms with Crippen LogP contribution in [0.1, 0.15) is 29.2 Å². The quantitative estimate of drug-likeness (QED) is 0.618. The number of fused-ring (bicyclic) bond motifs is 2. The van der Waals surface area contributed by atoms with Crippen molar-refractivity contribution in [3.05, 3.63) is 46.5 Å². The smallest absolute Gasteiger partial charge is 0.283 e. The van der Waals surface area contributed by atoms with Gasteiger partial charge in [-0.05, 0) is 18.9 Å². The van der Waals surface area contributed by atoms with Crippen LogP contribution < -0.4 is 5.56 Å². The number of imidazole rings is 1. The maximum Gasteiger partial charge on any atom is 0.283 e. The van der Waals surface area contributed by atoms with Crippen LogP contribution >= 0.6 is 0 Å². The van der Waals surface area contributed by atoms with Crippen molar-refractivity contribution in [2.75, 3.05) is 13.1 Å². The van der Waals surface area contributed by atoms with Gasteiger partial charge in [0.25, 0.3) is 11.5 Å². The summed E-state index contributed by atoms with van der Waals surface area (Å²) < 4.78 is 5.04. The molecule has 2 aliphatic heterocycles. The van der Waals surface area contributed by atoms with E-state index in [1.165, 1.54) is 0 Å². The Morgan fingerprint density at radius 3 is 2.68 bits per heavy atom. The molecular weight excluding hydrogens is 360 g/mol. The lowest BCUT2D eigenvalue weighted by Gasteiger charge is -2.23. The Hall–Kier alpha value is -3.30. The van der Waals surface area contributed by atoms with Gasteiger partial charge in [-0.1, -0.05) is 0 Å². The van der Waals surface area contributed by atoms with Crippen LogP contribution in [-0.4, -0.2) is 58.0 Å². The van der Waals surface area contributed by atoms with Gasteiger partial charge >= 0.3 is 0 Å². The molecule has 5 heterocycles. The van der Waals surface area contributed by atoms with E-state index in [9.17, 15) is 9.59 Å². The molecule has 0 saturated carbocycles. The summed E-state index contributed by atoms with van der Waals surface area (Å²) in [6, 6.07) is 1.72. The fourth-order valence-corrected chi connectivity index (χ4v) is 4.37. The van der Waals surface area contributed by atoms with Crippen LogP contribution in [0.4, 0.5) is 0 Å². The molecule has 0 aromatic carbocycles. The third kappa shape index (κ3) is 2.26. The third-order valence-corrected chi connectivity index (χ3v) is 5.95. The zero-order valence-corrected chi connectivity index (χ0v) is 15.7. The Morgan fingerprint density at radius 1 is 1.14 bits per heavy atom. The van der Waals surface area contributed by atoms with Crippen LogP contribution in [0.3, 0.4) is 0 Å². The summed E-state index contributed by atoms with van der Waals surface area (Å²) in [6.45, 7) is 1.74. The second-order valence-corrected chi connectivity index (χ2v) is 7.54. The molecule has 10 nitrogen and oxygen atoms in total. The second-order valence-electron chi connectivity index (χ2n) is 7.54. The highest BCUT2D eigenvalue weighted by Gasteiger charge is 2.48. The number of aromatic nitrogens is 7. The number of likely N-dealkylation sites (tertiary alicyclic amines) is 1. The van der Waals surface area contributed by atoms with E-state index in [-0.39, 0.29) is 22.6 Å². The minimum atomic E-state index is -0.319. The van der Waals surface area contributed by atoms with Crippen LogP contribution in [0.25, 0.3) is 11.5 Å². The van der Waals surface area contributed by atoms with Crippen LogP contribution in [0, 0.1) is 0 Å². The van der Waals surface area contributed by atoms with E-state index in [4.69, 9.17) is 0 Å². The molecule has 144 valence electrons. The van der Waals surface area contributed by atoms with Crippen molar-refractivity contribution in [2.24, 2.45) is 14.1 Å². The van der Waals surface area contributed by atoms with E-state index in [2.05, 4.69) is 20.3 Å². The summed E-state index contributed by atoms with van der Waals surface area (Å²) in [6.07, 6.45) is 6.57. The van der Waals surface area contributed by atoms with Gasteiger partial charge in [-0.15, -0.1) is 10.2 Å². The summed E-state index contributed by atoms with van der Waals surface area (Å²) in [7, 11) is 3.58. The van der Waals surface area contributed by atoms with Crippen molar-refractivity contribution in [3.8, 4) is 11.5 Å². The van der Waals surface area contributed by atoms with Gasteiger partial charge in [-0.2, -0.15) is 5.10 Å². The lowest BCUT2D eigenvalue weighted by molar-refractivity contribution is 0.0772. The standard InChI is InChI=1S/C18H20N8O2/c1-23-10-7-19-14(23)13-16(28)26-9-5-18(17(26)22-21-13)4-8-25(11-18)15(27)12-3-6-20-24(12)2/h3,6-7,10H,4-5,8-9,11H2,1-2H3/t18-/m1/s1. The average molecular weight is 380 g/mol. The van der Waals surface area contributed by atoms with Crippen molar-refractivity contribution < 1.29 is 4.79 Å². The number of carbonyl (C=O) groups excluding carboxylic acids is 1. The van der Waals surface area contributed by atoms with Gasteiger partial charge in [0.2, 0.25) is 0 Å². The van der Waals surface area contributed by atoms with Crippen LogP contribution in [0.15, 0.2) is 29.5 Å². The molecule has 2 aliphatic rings. The van der Waals surface area contributed by atoms with E-state index in [1.807, 2.05) is 11.9 Å². The molecule has 1 saturated heterocycles. The number of amides is 1. The lowest BCUT2D eigenvalue weighted by Crippen LogP contribution is -2.36. The van der Waals surface area contributed by atoms with Gasteiger partial charge in [0, 0.05) is 52.3 Å². The minimum Gasteiger partial charge on any atom is -0.336 e. The maximum absolute atomic E-state index is 13.0. The largest absolute Gasteiger partial charge is 0.336 e. The van der Waals surface area contributed by atoms with Gasteiger partial charge in [-0.25, -0.2) is 4.98 Å². The molecule has 0 unspecified atom stereocenters. The van der Waals surface area contributed by atoms with E-state index >= 15 is 0 Å². The molecule has 1 amide bonds. The molecule has 1 fully saturated rings. The first-order valence-corrected chi connectivity index (χ1v) is 9.23. The van der Waals surface area contributed by atoms with Crippen LogP contribution in [0.5, 0.6) is 0 Å². The molecule has 10 heteroatoms. The van der Waals surface area contributed by atoms with E-state index in [0.717, 1.165) is 12.8 Å². The first-order valence-electron chi connectivity index (χ1n) is 9.23. The van der Waals surface area contributed by atoms with Gasteiger partial charge in [-0.3, -0.25) is 18.8 Å². The molecular formula is C18H20N8O2. The van der Waals surface area contributed by atoms with Crippen molar-refractivity contribution in [1.29, 1.82) is 0 Å². The van der Waals surface area contributed by atoms with Gasteiger partial charge in [0.05, 0.1) is 5.41 Å². The van der Waals surface area contributed by atoms with E-state index in [0.29, 0.717) is 37.0 Å². The number of carbonyl (C=O) groups is 1. The second kappa shape index (κ2) is 5.85. The predicted molar refractivity (Wildman–Crippen MR) is 98.5 cm³/mol. The molecule has 0 bridgehead atoms. The lowest BCUT2D eigenvalue weighted by atomic mass is 9.85. The number of aryl methyl sites for hydroxylation is 2. The summed E-state index contributed by atoms with van der Waals surface area (Å²) in [5, 5.41) is 12.7. The van der Waals surface area contributed by atoms with Crippen molar-refractivity contribution >= 4 is 5.91 Å². The Balaban J connectivity index is 1.48. The molecule has 28 heavy (non-hydrogen) atoms. The normalized spacial score (nSPS) is 20.9. The molecule has 0 N–H and O–H groups in total. The van der Waals surface area contributed by atoms with Gasteiger partial charge in [0.1, 0.15) is 11.5 Å². The summed E-state index contributed by atoms with van der Waals surface area (Å²) in [5.74, 6) is 1.14. The fraction of sp³-hybridized carbons (Fsp3) is 0.444. The van der Waals surface area contributed by atoms with E-state index < -0.39 is 0 Å². The molecule has 0 aliphatic carbocycles. The monoisotopic (exact) mass is 380 g/mol. The predicted octanol–water partition coefficient (Wildman–Crippen LogP) is -0.0401. The topological polar surface area (TPSA) is 104 Å². The number of rotatable bonds is 2. The first kappa shape index (κ1) is 16.8. The zero-order chi connectivity index (χ0) is 19.5. The summed E-state index contributed by atoms with van der Waals surface area (Å²) in [4.78, 5) is 31.9. The average Bonchev–Trinajstić information content (AvgIpc) is 3.45. The van der Waals surface area contributed by atoms with Crippen LogP contribution in [0.2, 0.25) is 0 Å². The van der Waals surface area contributed by atoms with Crippen molar-refractivity contribution in [3.63, 3.8) is 0 Å².